The standard InChI is InChI=1S/C9H18N2O2/c1-10-8-4-3-5-11(6-8)7-9(12)13-2/h8,10H,3-7H2,1-2H3. The van der Waals surface area contributed by atoms with E-state index in [1.165, 1.54) is 13.5 Å². The molecule has 0 spiro atoms. The summed E-state index contributed by atoms with van der Waals surface area (Å²) in [4.78, 5) is 13.1. The molecule has 0 radical (unpaired) electrons. The van der Waals surface area contributed by atoms with Crippen LogP contribution >= 0.6 is 0 Å². The fourth-order valence-corrected chi connectivity index (χ4v) is 1.68. The van der Waals surface area contributed by atoms with Gasteiger partial charge in [-0.3, -0.25) is 9.69 Å². The van der Waals surface area contributed by atoms with Crippen LogP contribution in [-0.2, 0) is 9.53 Å². The first-order valence-corrected chi connectivity index (χ1v) is 4.72. The molecule has 76 valence electrons. The number of methoxy groups -OCH3 is 1. The highest BCUT2D eigenvalue weighted by atomic mass is 16.5. The summed E-state index contributed by atoms with van der Waals surface area (Å²) in [5.41, 5.74) is 0. The van der Waals surface area contributed by atoms with E-state index in [1.54, 1.807) is 0 Å². The van der Waals surface area contributed by atoms with Crippen molar-refractivity contribution < 1.29 is 9.53 Å². The zero-order valence-corrected chi connectivity index (χ0v) is 8.38. The fourth-order valence-electron chi connectivity index (χ4n) is 1.68. The maximum absolute atomic E-state index is 11.0. The van der Waals surface area contributed by atoms with Crippen LogP contribution in [-0.4, -0.2) is 50.7 Å². The van der Waals surface area contributed by atoms with Crippen LogP contribution < -0.4 is 5.32 Å². The van der Waals surface area contributed by atoms with E-state index in [0.29, 0.717) is 12.6 Å². The number of hydrogen-bond acceptors (Lipinski definition) is 4. The molecule has 0 saturated carbocycles. The zero-order chi connectivity index (χ0) is 9.68. The van der Waals surface area contributed by atoms with E-state index in [2.05, 4.69) is 15.0 Å². The van der Waals surface area contributed by atoms with Gasteiger partial charge in [0.1, 0.15) is 0 Å². The molecular formula is C9H18N2O2. The second-order valence-corrected chi connectivity index (χ2v) is 3.44. The first-order chi connectivity index (χ1) is 6.26. The summed E-state index contributed by atoms with van der Waals surface area (Å²) >= 11 is 0. The third kappa shape index (κ3) is 3.32. The summed E-state index contributed by atoms with van der Waals surface area (Å²) in [6.45, 7) is 2.38. The highest BCUT2D eigenvalue weighted by molar-refractivity contribution is 5.71. The van der Waals surface area contributed by atoms with Gasteiger partial charge in [-0.25, -0.2) is 0 Å². The van der Waals surface area contributed by atoms with Crippen molar-refractivity contribution in [3.63, 3.8) is 0 Å². The van der Waals surface area contributed by atoms with Crippen molar-refractivity contribution in [3.05, 3.63) is 0 Å². The number of esters is 1. The van der Waals surface area contributed by atoms with Crippen LogP contribution in [0.1, 0.15) is 12.8 Å². The third-order valence-corrected chi connectivity index (χ3v) is 2.49. The number of nitrogens with one attached hydrogen (secondary N) is 1. The van der Waals surface area contributed by atoms with Gasteiger partial charge in [-0.1, -0.05) is 0 Å². The average molecular weight is 186 g/mol. The van der Waals surface area contributed by atoms with Gasteiger partial charge in [0, 0.05) is 12.6 Å². The third-order valence-electron chi connectivity index (χ3n) is 2.49. The smallest absolute Gasteiger partial charge is 0.319 e. The SMILES string of the molecule is CNC1CCCN(CC(=O)OC)C1. The highest BCUT2D eigenvalue weighted by Gasteiger charge is 2.20. The number of likely N-dealkylation sites (tertiary alicyclic amines) is 1. The van der Waals surface area contributed by atoms with Gasteiger partial charge < -0.3 is 10.1 Å². The molecule has 0 amide bonds. The minimum atomic E-state index is -0.142. The number of nitrogens with zero attached hydrogens (tertiary/aromatic N) is 1. The molecule has 13 heavy (non-hydrogen) atoms. The van der Waals surface area contributed by atoms with Crippen molar-refractivity contribution in [3.8, 4) is 0 Å². The maximum atomic E-state index is 11.0. The Bertz CT molecular complexity index is 173. The minimum Gasteiger partial charge on any atom is -0.468 e. The van der Waals surface area contributed by atoms with Crippen molar-refractivity contribution >= 4 is 5.97 Å². The van der Waals surface area contributed by atoms with Crippen molar-refractivity contribution in [2.75, 3.05) is 33.8 Å². The van der Waals surface area contributed by atoms with Gasteiger partial charge in [0.15, 0.2) is 0 Å². The molecule has 4 heteroatoms. The minimum absolute atomic E-state index is 0.142. The van der Waals surface area contributed by atoms with Crippen LogP contribution in [0.4, 0.5) is 0 Å². The van der Waals surface area contributed by atoms with Gasteiger partial charge in [-0.15, -0.1) is 0 Å². The molecule has 0 bridgehead atoms. The molecule has 1 rings (SSSR count). The van der Waals surface area contributed by atoms with E-state index in [4.69, 9.17) is 0 Å². The molecule has 1 heterocycles. The molecule has 1 unspecified atom stereocenters. The van der Waals surface area contributed by atoms with Crippen molar-refractivity contribution in [1.29, 1.82) is 0 Å². The molecule has 1 fully saturated rings. The molecule has 1 atom stereocenters. The molecule has 0 aromatic heterocycles. The van der Waals surface area contributed by atoms with Gasteiger partial charge in [-0.2, -0.15) is 0 Å². The van der Waals surface area contributed by atoms with Gasteiger partial charge in [0.2, 0.25) is 0 Å². The molecule has 1 N–H and O–H groups in total. The van der Waals surface area contributed by atoms with Gasteiger partial charge >= 0.3 is 5.97 Å². The molecule has 0 aromatic rings. The van der Waals surface area contributed by atoms with Gasteiger partial charge in [0.25, 0.3) is 0 Å². The topological polar surface area (TPSA) is 41.6 Å². The van der Waals surface area contributed by atoms with E-state index in [0.717, 1.165) is 19.5 Å². The van der Waals surface area contributed by atoms with E-state index >= 15 is 0 Å². The zero-order valence-electron chi connectivity index (χ0n) is 8.38. The monoisotopic (exact) mass is 186 g/mol. The molecule has 0 aromatic carbocycles. The summed E-state index contributed by atoms with van der Waals surface area (Å²) in [6, 6.07) is 0.526. The molecule has 4 nitrogen and oxygen atoms in total. The van der Waals surface area contributed by atoms with Crippen LogP contribution in [0.5, 0.6) is 0 Å². The predicted molar refractivity (Wildman–Crippen MR) is 50.5 cm³/mol. The summed E-state index contributed by atoms with van der Waals surface area (Å²) in [5.74, 6) is -0.142. The van der Waals surface area contributed by atoms with E-state index in [-0.39, 0.29) is 5.97 Å². The Labute approximate surface area is 79.2 Å². The summed E-state index contributed by atoms with van der Waals surface area (Å²) in [6.07, 6.45) is 2.36. The molecule has 1 aliphatic heterocycles. The fraction of sp³-hybridized carbons (Fsp3) is 0.889. The van der Waals surface area contributed by atoms with E-state index < -0.39 is 0 Å². The Balaban J connectivity index is 2.29. The summed E-state index contributed by atoms with van der Waals surface area (Å²) < 4.78 is 4.62. The second-order valence-electron chi connectivity index (χ2n) is 3.44. The number of rotatable bonds is 3. The molecule has 0 aliphatic carbocycles. The van der Waals surface area contributed by atoms with E-state index in [9.17, 15) is 4.79 Å². The summed E-state index contributed by atoms with van der Waals surface area (Å²) in [7, 11) is 3.40. The van der Waals surface area contributed by atoms with Crippen molar-refractivity contribution in [2.45, 2.75) is 18.9 Å². The quantitative estimate of drug-likeness (QED) is 0.622. The number of carbonyl (C=O) groups excluding carboxylic acids is 1. The number of likely N-dealkylation sites (N-methyl/N-ethyl adjacent to an activating group) is 1. The van der Waals surface area contributed by atoms with Crippen LogP contribution in [0, 0.1) is 0 Å². The maximum Gasteiger partial charge on any atom is 0.319 e. The first kappa shape index (κ1) is 10.5. The number of carbonyl (C=O) groups is 1. The lowest BCUT2D eigenvalue weighted by atomic mass is 10.1. The lowest BCUT2D eigenvalue weighted by Crippen LogP contribution is -2.46. The van der Waals surface area contributed by atoms with Gasteiger partial charge in [-0.05, 0) is 26.4 Å². The van der Waals surface area contributed by atoms with Crippen molar-refractivity contribution in [2.24, 2.45) is 0 Å². The lowest BCUT2D eigenvalue weighted by Gasteiger charge is -2.31. The Hall–Kier alpha value is -0.610. The first-order valence-electron chi connectivity index (χ1n) is 4.72. The van der Waals surface area contributed by atoms with Crippen LogP contribution in [0.3, 0.4) is 0 Å². The largest absolute Gasteiger partial charge is 0.468 e. The Morgan fingerprint density at radius 2 is 2.46 bits per heavy atom. The van der Waals surface area contributed by atoms with Crippen molar-refractivity contribution in [1.82, 2.24) is 10.2 Å². The van der Waals surface area contributed by atoms with E-state index in [1.807, 2.05) is 7.05 Å². The number of piperidine rings is 1. The van der Waals surface area contributed by atoms with Crippen LogP contribution in [0.15, 0.2) is 0 Å². The van der Waals surface area contributed by atoms with Crippen LogP contribution in [0.25, 0.3) is 0 Å². The lowest BCUT2D eigenvalue weighted by molar-refractivity contribution is -0.142. The average Bonchev–Trinajstić information content (AvgIpc) is 2.18. The predicted octanol–water partition coefficient (Wildman–Crippen LogP) is -0.157. The molecule has 1 aliphatic rings. The second kappa shape index (κ2) is 5.19. The highest BCUT2D eigenvalue weighted by Crippen LogP contribution is 2.08. The van der Waals surface area contributed by atoms with Crippen LogP contribution in [0.2, 0.25) is 0 Å². The summed E-state index contributed by atoms with van der Waals surface area (Å²) in [5, 5.41) is 3.23. The normalized spacial score (nSPS) is 24.3. The number of hydrogen-bond donors (Lipinski definition) is 1. The Morgan fingerprint density at radius 3 is 3.08 bits per heavy atom. The van der Waals surface area contributed by atoms with Gasteiger partial charge in [0.05, 0.1) is 13.7 Å². The molecular weight excluding hydrogens is 168 g/mol. The Morgan fingerprint density at radius 1 is 1.69 bits per heavy atom. The number of ether oxygens (including phenoxy) is 1. The molecule has 1 saturated heterocycles. The Kier molecular flexibility index (Phi) is 4.18.